The van der Waals surface area contributed by atoms with E-state index in [0.717, 1.165) is 5.56 Å². The summed E-state index contributed by atoms with van der Waals surface area (Å²) >= 11 is 1.51. The number of likely N-dealkylation sites (N-methyl/N-ethyl adjacent to an activating group) is 1. The molecule has 1 unspecified atom stereocenters. The molecule has 8 heteroatoms. The number of ether oxygens (including phenoxy) is 2. The number of hydrogen-bond acceptors (Lipinski definition) is 6. The van der Waals surface area contributed by atoms with Crippen molar-refractivity contribution in [3.63, 3.8) is 0 Å². The summed E-state index contributed by atoms with van der Waals surface area (Å²) in [6.45, 7) is 1.73. The van der Waals surface area contributed by atoms with Crippen LogP contribution in [0.3, 0.4) is 0 Å². The van der Waals surface area contributed by atoms with Gasteiger partial charge in [0.1, 0.15) is 17.7 Å². The minimum absolute atomic E-state index is 0.00324. The minimum atomic E-state index is -0.549. The molecule has 2 heterocycles. The van der Waals surface area contributed by atoms with Crippen LogP contribution in [-0.4, -0.2) is 65.6 Å². The molecule has 3 rings (SSSR count). The first kappa shape index (κ1) is 19.4. The molecule has 2 amide bonds. The molecule has 1 aromatic carbocycles. The van der Waals surface area contributed by atoms with Crippen molar-refractivity contribution < 1.29 is 23.9 Å². The third kappa shape index (κ3) is 3.86. The molecule has 7 nitrogen and oxygen atoms in total. The largest absolute Gasteiger partial charge is 0.461 e. The standard InChI is InChI=1S/C19H22N2O5S/c1-12(22)26-10-14-11-27-19-16(25-3)18(24)21(19)15(14)17(23)20(2)9-13-7-5-4-6-8-13/h4-8,16,19H,9-11H2,1-3H3/t16-,19?/m0/s1. The van der Waals surface area contributed by atoms with Gasteiger partial charge in [-0.2, -0.15) is 0 Å². The van der Waals surface area contributed by atoms with Crippen LogP contribution in [0.15, 0.2) is 41.6 Å². The number of methoxy groups -OCH3 is 1. The van der Waals surface area contributed by atoms with Gasteiger partial charge in [-0.1, -0.05) is 30.3 Å². The molecule has 0 bridgehead atoms. The van der Waals surface area contributed by atoms with Crippen LogP contribution in [0.5, 0.6) is 0 Å². The zero-order chi connectivity index (χ0) is 19.6. The molecule has 0 N–H and O–H groups in total. The van der Waals surface area contributed by atoms with Crippen molar-refractivity contribution in [3.8, 4) is 0 Å². The van der Waals surface area contributed by atoms with Crippen LogP contribution < -0.4 is 0 Å². The van der Waals surface area contributed by atoms with Crippen molar-refractivity contribution in [1.29, 1.82) is 0 Å². The van der Waals surface area contributed by atoms with Gasteiger partial charge in [0.15, 0.2) is 6.10 Å². The maximum Gasteiger partial charge on any atom is 0.302 e. The Morgan fingerprint density at radius 2 is 2.00 bits per heavy atom. The van der Waals surface area contributed by atoms with Gasteiger partial charge in [0, 0.05) is 39.0 Å². The van der Waals surface area contributed by atoms with Crippen LogP contribution in [0.1, 0.15) is 12.5 Å². The van der Waals surface area contributed by atoms with Gasteiger partial charge in [0.25, 0.3) is 11.8 Å². The Hall–Kier alpha value is -2.32. The highest BCUT2D eigenvalue weighted by Crippen LogP contribution is 2.41. The molecular formula is C19H22N2O5S. The van der Waals surface area contributed by atoms with E-state index >= 15 is 0 Å². The van der Waals surface area contributed by atoms with Crippen LogP contribution in [-0.2, 0) is 30.4 Å². The summed E-state index contributed by atoms with van der Waals surface area (Å²) < 4.78 is 10.3. The number of nitrogens with zero attached hydrogens (tertiary/aromatic N) is 2. The van der Waals surface area contributed by atoms with Gasteiger partial charge in [0.2, 0.25) is 0 Å². The van der Waals surface area contributed by atoms with Crippen molar-refractivity contribution in [1.82, 2.24) is 9.80 Å². The molecule has 2 aliphatic rings. The zero-order valence-electron chi connectivity index (χ0n) is 15.5. The summed E-state index contributed by atoms with van der Waals surface area (Å²) in [6, 6.07) is 9.61. The van der Waals surface area contributed by atoms with Gasteiger partial charge in [-0.15, -0.1) is 11.8 Å². The van der Waals surface area contributed by atoms with Crippen LogP contribution in [0.4, 0.5) is 0 Å². The van der Waals surface area contributed by atoms with Crippen molar-refractivity contribution in [3.05, 3.63) is 47.2 Å². The number of rotatable bonds is 6. The first-order valence-electron chi connectivity index (χ1n) is 8.56. The van der Waals surface area contributed by atoms with Crippen molar-refractivity contribution in [2.45, 2.75) is 24.9 Å². The van der Waals surface area contributed by atoms with Crippen molar-refractivity contribution in [2.75, 3.05) is 26.5 Å². The van der Waals surface area contributed by atoms with Crippen LogP contribution >= 0.6 is 11.8 Å². The van der Waals surface area contributed by atoms with Crippen LogP contribution in [0.2, 0.25) is 0 Å². The molecule has 0 aromatic heterocycles. The maximum atomic E-state index is 13.2. The molecule has 0 saturated carbocycles. The molecule has 1 aromatic rings. The molecule has 27 heavy (non-hydrogen) atoms. The second-order valence-electron chi connectivity index (χ2n) is 6.45. The summed E-state index contributed by atoms with van der Waals surface area (Å²) in [5.74, 6) is -0.438. The van der Waals surface area contributed by atoms with Gasteiger partial charge in [0.05, 0.1) is 0 Å². The van der Waals surface area contributed by atoms with E-state index in [-0.39, 0.29) is 23.8 Å². The predicted molar refractivity (Wildman–Crippen MR) is 100 cm³/mol. The molecule has 1 saturated heterocycles. The van der Waals surface area contributed by atoms with Crippen molar-refractivity contribution in [2.24, 2.45) is 0 Å². The van der Waals surface area contributed by atoms with Gasteiger partial charge >= 0.3 is 5.97 Å². The Kier molecular flexibility index (Phi) is 5.86. The lowest BCUT2D eigenvalue weighted by Crippen LogP contribution is -2.66. The van der Waals surface area contributed by atoms with Crippen LogP contribution in [0.25, 0.3) is 0 Å². The Morgan fingerprint density at radius 3 is 2.63 bits per heavy atom. The Balaban J connectivity index is 1.86. The number of fused-ring (bicyclic) bond motifs is 1. The van der Waals surface area contributed by atoms with E-state index in [1.807, 2.05) is 30.3 Å². The number of benzene rings is 1. The lowest BCUT2D eigenvalue weighted by molar-refractivity contribution is -0.161. The predicted octanol–water partition coefficient (Wildman–Crippen LogP) is 1.39. The van der Waals surface area contributed by atoms with Crippen molar-refractivity contribution >= 4 is 29.5 Å². The number of amides is 2. The van der Waals surface area contributed by atoms with E-state index < -0.39 is 12.1 Å². The molecule has 2 aliphatic heterocycles. The second-order valence-corrected chi connectivity index (χ2v) is 7.55. The van der Waals surface area contributed by atoms with Gasteiger partial charge in [-0.3, -0.25) is 19.3 Å². The number of β-lactam (4-membered cyclic amide) rings is 1. The summed E-state index contributed by atoms with van der Waals surface area (Å²) in [6.07, 6.45) is -0.549. The quantitative estimate of drug-likeness (QED) is 0.540. The highest BCUT2D eigenvalue weighted by atomic mass is 32.2. The summed E-state index contributed by atoms with van der Waals surface area (Å²) in [5, 5.41) is -0.229. The minimum Gasteiger partial charge on any atom is -0.461 e. The molecule has 0 radical (unpaired) electrons. The number of carbonyl (C=O) groups is 3. The summed E-state index contributed by atoms with van der Waals surface area (Å²) in [4.78, 5) is 39.9. The lowest BCUT2D eigenvalue weighted by Gasteiger charge is -2.49. The Bertz CT molecular complexity index is 780. The van der Waals surface area contributed by atoms with Gasteiger partial charge in [-0.05, 0) is 5.56 Å². The van der Waals surface area contributed by atoms with Crippen LogP contribution in [0, 0.1) is 0 Å². The molecule has 144 valence electrons. The van der Waals surface area contributed by atoms with Gasteiger partial charge in [-0.25, -0.2) is 0 Å². The smallest absolute Gasteiger partial charge is 0.302 e. The Labute approximate surface area is 162 Å². The second kappa shape index (κ2) is 8.14. The average molecular weight is 390 g/mol. The Morgan fingerprint density at radius 1 is 1.30 bits per heavy atom. The van der Waals surface area contributed by atoms with E-state index in [9.17, 15) is 14.4 Å². The lowest BCUT2D eigenvalue weighted by atomic mass is 10.0. The topological polar surface area (TPSA) is 76.2 Å². The average Bonchev–Trinajstić information content (AvgIpc) is 2.66. The van der Waals surface area contributed by atoms with E-state index in [1.165, 1.54) is 30.7 Å². The fourth-order valence-electron chi connectivity index (χ4n) is 3.14. The third-order valence-corrected chi connectivity index (χ3v) is 5.83. The van der Waals surface area contributed by atoms with E-state index in [4.69, 9.17) is 9.47 Å². The monoisotopic (exact) mass is 390 g/mol. The molecular weight excluding hydrogens is 368 g/mol. The highest BCUT2D eigenvalue weighted by molar-refractivity contribution is 8.00. The summed E-state index contributed by atoms with van der Waals surface area (Å²) in [7, 11) is 3.18. The summed E-state index contributed by atoms with van der Waals surface area (Å²) in [5.41, 5.74) is 1.93. The molecule has 2 atom stereocenters. The zero-order valence-corrected chi connectivity index (χ0v) is 16.3. The molecule has 0 aliphatic carbocycles. The first-order valence-corrected chi connectivity index (χ1v) is 9.61. The van der Waals surface area contributed by atoms with Gasteiger partial charge < -0.3 is 14.4 Å². The fourth-order valence-corrected chi connectivity index (χ4v) is 4.49. The molecule has 1 fully saturated rings. The maximum absolute atomic E-state index is 13.2. The SMILES string of the molecule is CO[C@H]1C(=O)N2C(C(=O)N(C)Cc3ccccc3)=C(COC(C)=O)CSC12. The highest BCUT2D eigenvalue weighted by Gasteiger charge is 2.54. The third-order valence-electron chi connectivity index (χ3n) is 4.51. The van der Waals surface area contributed by atoms with E-state index in [0.29, 0.717) is 23.6 Å². The fraction of sp³-hybridized carbons (Fsp3) is 0.421. The number of carbonyl (C=O) groups excluding carboxylic acids is 3. The van der Waals surface area contributed by atoms with E-state index in [2.05, 4.69) is 0 Å². The first-order chi connectivity index (χ1) is 12.9. The normalized spacial score (nSPS) is 21.4. The molecule has 0 spiro atoms. The number of thioether (sulfide) groups is 1. The number of hydrogen-bond donors (Lipinski definition) is 0. The number of esters is 1. The van der Waals surface area contributed by atoms with E-state index in [1.54, 1.807) is 11.9 Å².